The summed E-state index contributed by atoms with van der Waals surface area (Å²) in [7, 11) is -3.99. The number of thioether (sulfide) groups is 1. The minimum Gasteiger partial charge on any atom is -0.492 e. The maximum atomic E-state index is 13.6. The molecule has 0 saturated heterocycles. The molecule has 0 fully saturated rings. The number of hydrogen-bond donors (Lipinski definition) is 1. The Kier molecular flexibility index (Phi) is 9.42. The van der Waals surface area contributed by atoms with Gasteiger partial charge in [-0.1, -0.05) is 48.0 Å². The van der Waals surface area contributed by atoms with E-state index in [1.54, 1.807) is 60.3 Å². The molecule has 3 aromatic rings. The lowest BCUT2D eigenvalue weighted by atomic mass is 10.2. The monoisotopic (exact) mass is 498 g/mol. The number of rotatable bonds is 12. The van der Waals surface area contributed by atoms with Crippen molar-refractivity contribution >= 4 is 33.4 Å². The molecule has 0 aliphatic heterocycles. The van der Waals surface area contributed by atoms with Gasteiger partial charge in [-0.3, -0.25) is 9.10 Å². The lowest BCUT2D eigenvalue weighted by Crippen LogP contribution is -2.41. The van der Waals surface area contributed by atoms with Crippen LogP contribution in [0.1, 0.15) is 18.9 Å². The third-order valence-corrected chi connectivity index (χ3v) is 7.86. The third-order valence-electron chi connectivity index (χ3n) is 4.99. The van der Waals surface area contributed by atoms with Crippen LogP contribution in [0.4, 0.5) is 5.69 Å². The molecular formula is C26H30N2O4S2. The van der Waals surface area contributed by atoms with E-state index in [4.69, 9.17) is 4.74 Å². The molecule has 3 rings (SSSR count). The number of hydrogen-bond acceptors (Lipinski definition) is 5. The molecule has 0 atom stereocenters. The van der Waals surface area contributed by atoms with Crippen LogP contribution in [0.2, 0.25) is 0 Å². The van der Waals surface area contributed by atoms with Crippen molar-refractivity contribution in [1.29, 1.82) is 0 Å². The van der Waals surface area contributed by atoms with Crippen molar-refractivity contribution in [2.24, 2.45) is 0 Å². The van der Waals surface area contributed by atoms with Crippen molar-refractivity contribution < 1.29 is 17.9 Å². The van der Waals surface area contributed by atoms with Crippen molar-refractivity contribution in [3.63, 3.8) is 0 Å². The van der Waals surface area contributed by atoms with Crippen LogP contribution < -0.4 is 14.4 Å². The molecule has 34 heavy (non-hydrogen) atoms. The Morgan fingerprint density at radius 2 is 1.65 bits per heavy atom. The number of ether oxygens (including phenoxy) is 1. The predicted octanol–water partition coefficient (Wildman–Crippen LogP) is 4.89. The van der Waals surface area contributed by atoms with E-state index in [0.717, 1.165) is 22.0 Å². The van der Waals surface area contributed by atoms with Crippen molar-refractivity contribution in [3.05, 3.63) is 84.4 Å². The summed E-state index contributed by atoms with van der Waals surface area (Å²) >= 11 is 1.72. The average molecular weight is 499 g/mol. The standard InChI is InChI=1S/C26H30N2O4S2/c1-3-32-25-13-8-7-12-24(25)28(34(30,31)23-16-14-21(2)15-17-23)20-26(29)27-18-9-19-33-22-10-5-4-6-11-22/h4-8,10-17H,3,9,18-20H2,1-2H3,(H,27,29). The van der Waals surface area contributed by atoms with Crippen LogP contribution >= 0.6 is 11.8 Å². The molecule has 180 valence electrons. The van der Waals surface area contributed by atoms with Crippen LogP contribution in [0.15, 0.2) is 88.7 Å². The van der Waals surface area contributed by atoms with Crippen molar-refractivity contribution in [3.8, 4) is 5.75 Å². The molecule has 0 aromatic heterocycles. The fourth-order valence-corrected chi connectivity index (χ4v) is 5.58. The van der Waals surface area contributed by atoms with Gasteiger partial charge in [0, 0.05) is 11.4 Å². The van der Waals surface area contributed by atoms with E-state index in [-0.39, 0.29) is 17.3 Å². The maximum absolute atomic E-state index is 13.6. The molecule has 8 heteroatoms. The van der Waals surface area contributed by atoms with Gasteiger partial charge < -0.3 is 10.1 Å². The fraction of sp³-hybridized carbons (Fsp3) is 0.269. The van der Waals surface area contributed by atoms with Gasteiger partial charge in [0.2, 0.25) is 5.91 Å². The molecule has 0 radical (unpaired) electrons. The van der Waals surface area contributed by atoms with E-state index in [2.05, 4.69) is 5.32 Å². The second-order valence-electron chi connectivity index (χ2n) is 7.59. The van der Waals surface area contributed by atoms with Crippen LogP contribution in [0.3, 0.4) is 0 Å². The molecule has 6 nitrogen and oxygen atoms in total. The summed E-state index contributed by atoms with van der Waals surface area (Å²) in [6.07, 6.45) is 0.769. The predicted molar refractivity (Wildman–Crippen MR) is 138 cm³/mol. The van der Waals surface area contributed by atoms with Crippen LogP contribution in [0, 0.1) is 6.92 Å². The summed E-state index contributed by atoms with van der Waals surface area (Å²) in [5, 5.41) is 2.85. The zero-order valence-electron chi connectivity index (χ0n) is 19.4. The van der Waals surface area contributed by atoms with Gasteiger partial charge in [0.05, 0.1) is 17.2 Å². The number of aryl methyl sites for hydroxylation is 1. The lowest BCUT2D eigenvalue weighted by molar-refractivity contribution is -0.119. The lowest BCUT2D eigenvalue weighted by Gasteiger charge is -2.26. The molecule has 0 saturated carbocycles. The molecule has 1 amide bonds. The van der Waals surface area contributed by atoms with E-state index in [9.17, 15) is 13.2 Å². The summed E-state index contributed by atoms with van der Waals surface area (Å²) < 4.78 is 33.9. The first-order valence-corrected chi connectivity index (χ1v) is 13.6. The number of anilines is 1. The summed E-state index contributed by atoms with van der Waals surface area (Å²) in [5.41, 5.74) is 1.28. The molecule has 0 aliphatic carbocycles. The minimum absolute atomic E-state index is 0.122. The summed E-state index contributed by atoms with van der Waals surface area (Å²) in [6, 6.07) is 23.5. The maximum Gasteiger partial charge on any atom is 0.264 e. The Balaban J connectivity index is 1.72. The zero-order valence-corrected chi connectivity index (χ0v) is 21.1. The zero-order chi connectivity index (χ0) is 24.4. The Morgan fingerprint density at radius 3 is 2.35 bits per heavy atom. The third kappa shape index (κ3) is 7.01. The molecule has 1 N–H and O–H groups in total. The van der Waals surface area contributed by atoms with Gasteiger partial charge >= 0.3 is 0 Å². The molecule has 0 spiro atoms. The second kappa shape index (κ2) is 12.5. The number of sulfonamides is 1. The number of carbonyl (C=O) groups excluding carboxylic acids is 1. The average Bonchev–Trinajstić information content (AvgIpc) is 2.84. The first-order valence-electron chi connectivity index (χ1n) is 11.2. The number of nitrogens with zero attached hydrogens (tertiary/aromatic N) is 1. The van der Waals surface area contributed by atoms with E-state index >= 15 is 0 Å². The number of amides is 1. The highest BCUT2D eigenvalue weighted by atomic mass is 32.2. The van der Waals surface area contributed by atoms with Gasteiger partial charge in [-0.25, -0.2) is 8.42 Å². The molecular weight excluding hydrogens is 468 g/mol. The summed E-state index contributed by atoms with van der Waals surface area (Å²) in [6.45, 7) is 4.22. The highest BCUT2D eigenvalue weighted by Gasteiger charge is 2.29. The van der Waals surface area contributed by atoms with Crippen LogP contribution in [-0.2, 0) is 14.8 Å². The fourth-order valence-electron chi connectivity index (χ4n) is 3.27. The van der Waals surface area contributed by atoms with Crippen molar-refractivity contribution in [2.45, 2.75) is 30.1 Å². The van der Waals surface area contributed by atoms with Crippen LogP contribution in [-0.4, -0.2) is 39.8 Å². The molecule has 0 aliphatic rings. The van der Waals surface area contributed by atoms with Crippen molar-refractivity contribution in [1.82, 2.24) is 5.32 Å². The quantitative estimate of drug-likeness (QED) is 0.284. The van der Waals surface area contributed by atoms with Crippen LogP contribution in [0.5, 0.6) is 5.75 Å². The van der Waals surface area contributed by atoms with E-state index in [1.807, 2.05) is 44.2 Å². The van der Waals surface area contributed by atoms with Gasteiger partial charge in [-0.05, 0) is 62.4 Å². The largest absolute Gasteiger partial charge is 0.492 e. The second-order valence-corrected chi connectivity index (χ2v) is 10.6. The van der Waals surface area contributed by atoms with Gasteiger partial charge in [-0.2, -0.15) is 0 Å². The summed E-state index contributed by atoms with van der Waals surface area (Å²) in [4.78, 5) is 14.1. The summed E-state index contributed by atoms with van der Waals surface area (Å²) in [5.74, 6) is 0.891. The van der Waals surface area contributed by atoms with Gasteiger partial charge in [0.15, 0.2) is 0 Å². The van der Waals surface area contributed by atoms with Gasteiger partial charge in [0.25, 0.3) is 10.0 Å². The molecule has 3 aromatic carbocycles. The number of benzene rings is 3. The first-order chi connectivity index (χ1) is 16.4. The van der Waals surface area contributed by atoms with E-state index in [0.29, 0.717) is 24.6 Å². The van der Waals surface area contributed by atoms with Crippen LogP contribution in [0.25, 0.3) is 0 Å². The SMILES string of the molecule is CCOc1ccccc1N(CC(=O)NCCCSc1ccccc1)S(=O)(=O)c1ccc(C)cc1. The Hall–Kier alpha value is -2.97. The number of para-hydroxylation sites is 2. The first kappa shape index (κ1) is 25.6. The van der Waals surface area contributed by atoms with E-state index < -0.39 is 10.0 Å². The smallest absolute Gasteiger partial charge is 0.264 e. The van der Waals surface area contributed by atoms with Crippen molar-refractivity contribution in [2.75, 3.05) is 29.8 Å². The highest BCUT2D eigenvalue weighted by molar-refractivity contribution is 7.99. The van der Waals surface area contributed by atoms with Gasteiger partial charge in [-0.15, -0.1) is 11.8 Å². The highest BCUT2D eigenvalue weighted by Crippen LogP contribution is 2.32. The Bertz CT molecular complexity index is 1170. The number of nitrogens with one attached hydrogen (secondary N) is 1. The van der Waals surface area contributed by atoms with Gasteiger partial charge in [0.1, 0.15) is 12.3 Å². The minimum atomic E-state index is -3.99. The molecule has 0 heterocycles. The molecule has 0 bridgehead atoms. The topological polar surface area (TPSA) is 75.7 Å². The molecule has 0 unspecified atom stereocenters. The van der Waals surface area contributed by atoms with E-state index in [1.165, 1.54) is 4.90 Å². The normalized spacial score (nSPS) is 11.1. The Morgan fingerprint density at radius 1 is 0.971 bits per heavy atom. The number of carbonyl (C=O) groups is 1. The Labute approximate surface area is 206 Å².